The molecule has 10 heteroatoms. The fourth-order valence-electron chi connectivity index (χ4n) is 3.41. The van der Waals surface area contributed by atoms with Gasteiger partial charge in [0.25, 0.3) is 0 Å². The predicted octanol–water partition coefficient (Wildman–Crippen LogP) is 2.14. The Morgan fingerprint density at radius 2 is 1.97 bits per heavy atom. The summed E-state index contributed by atoms with van der Waals surface area (Å²) < 4.78 is 13.1. The summed E-state index contributed by atoms with van der Waals surface area (Å²) in [6, 6.07) is 8.30. The maximum atomic E-state index is 5.75. The Hall–Kier alpha value is -1.92. The van der Waals surface area contributed by atoms with Crippen LogP contribution in [0.2, 0.25) is 0 Å². The number of hydrogen-bond donors (Lipinski definition) is 2. The molecule has 2 aromatic rings. The lowest BCUT2D eigenvalue weighted by Gasteiger charge is -2.26. The van der Waals surface area contributed by atoms with Gasteiger partial charge >= 0.3 is 0 Å². The minimum atomic E-state index is 0. The molecule has 0 spiro atoms. The third-order valence-corrected chi connectivity index (χ3v) is 5.46. The Kier molecular flexibility index (Phi) is 12.5. The van der Waals surface area contributed by atoms with Crippen LogP contribution < -0.4 is 15.4 Å². The summed E-state index contributed by atoms with van der Waals surface area (Å²) in [6.07, 6.45) is 1.89. The zero-order valence-electron chi connectivity index (χ0n) is 20.0. The normalized spacial score (nSPS) is 14.6. The maximum absolute atomic E-state index is 5.75. The van der Waals surface area contributed by atoms with Crippen LogP contribution in [-0.4, -0.2) is 78.2 Å². The highest BCUT2D eigenvalue weighted by molar-refractivity contribution is 14.0. The first-order valence-corrected chi connectivity index (χ1v) is 11.5. The molecule has 0 bridgehead atoms. The van der Waals surface area contributed by atoms with Crippen LogP contribution in [0, 0.1) is 6.92 Å². The number of aromatic nitrogens is 3. The molecule has 0 atom stereocenters. The van der Waals surface area contributed by atoms with Gasteiger partial charge in [0.05, 0.1) is 19.8 Å². The molecule has 3 rings (SSSR count). The van der Waals surface area contributed by atoms with Crippen LogP contribution in [-0.2, 0) is 24.8 Å². The molecule has 1 fully saturated rings. The van der Waals surface area contributed by atoms with Crippen molar-refractivity contribution in [3.8, 4) is 5.75 Å². The largest absolute Gasteiger partial charge is 0.494 e. The first kappa shape index (κ1) is 27.3. The molecule has 184 valence electrons. The van der Waals surface area contributed by atoms with Gasteiger partial charge in [-0.3, -0.25) is 4.90 Å². The smallest absolute Gasteiger partial charge is 0.191 e. The van der Waals surface area contributed by atoms with Crippen molar-refractivity contribution in [3.63, 3.8) is 0 Å². The van der Waals surface area contributed by atoms with Crippen LogP contribution in [0.5, 0.6) is 5.75 Å². The predicted molar refractivity (Wildman–Crippen MR) is 141 cm³/mol. The topological polar surface area (TPSA) is 88.8 Å². The van der Waals surface area contributed by atoms with E-state index in [1.807, 2.05) is 30.7 Å². The lowest BCUT2D eigenvalue weighted by Crippen LogP contribution is -2.44. The molecule has 1 aromatic heterocycles. The van der Waals surface area contributed by atoms with E-state index < -0.39 is 0 Å². The van der Waals surface area contributed by atoms with Crippen molar-refractivity contribution in [2.24, 2.45) is 12.0 Å². The zero-order valence-corrected chi connectivity index (χ0v) is 22.4. The first-order chi connectivity index (χ1) is 15.7. The van der Waals surface area contributed by atoms with Crippen molar-refractivity contribution in [2.45, 2.75) is 33.2 Å². The summed E-state index contributed by atoms with van der Waals surface area (Å²) in [4.78, 5) is 7.15. The van der Waals surface area contributed by atoms with E-state index in [1.165, 1.54) is 5.56 Å². The Bertz CT molecular complexity index is 853. The van der Waals surface area contributed by atoms with E-state index in [0.29, 0.717) is 6.54 Å². The van der Waals surface area contributed by atoms with Gasteiger partial charge in [-0.1, -0.05) is 19.1 Å². The van der Waals surface area contributed by atoms with Gasteiger partial charge in [-0.25, -0.2) is 4.99 Å². The molecule has 1 aliphatic heterocycles. The number of nitrogens with zero attached hydrogens (tertiary/aromatic N) is 5. The number of halogens is 1. The highest BCUT2D eigenvalue weighted by Crippen LogP contribution is 2.13. The molecule has 9 nitrogen and oxygen atoms in total. The molecule has 0 unspecified atom stereocenters. The monoisotopic (exact) mass is 571 g/mol. The number of aliphatic imine (C=N–C) groups is 1. The van der Waals surface area contributed by atoms with E-state index in [2.05, 4.69) is 44.8 Å². The number of guanidine groups is 1. The highest BCUT2D eigenvalue weighted by Gasteiger charge is 2.10. The number of hydrogen-bond acceptors (Lipinski definition) is 6. The third kappa shape index (κ3) is 9.46. The average Bonchev–Trinajstić information content (AvgIpc) is 3.14. The van der Waals surface area contributed by atoms with Crippen LogP contribution in [0.3, 0.4) is 0 Å². The fourth-order valence-corrected chi connectivity index (χ4v) is 3.41. The molecule has 2 heterocycles. The number of ether oxygens (including phenoxy) is 2. The van der Waals surface area contributed by atoms with Crippen molar-refractivity contribution in [1.82, 2.24) is 30.3 Å². The molecule has 33 heavy (non-hydrogen) atoms. The van der Waals surface area contributed by atoms with E-state index in [4.69, 9.17) is 14.5 Å². The SMILES string of the molecule is CCCOc1cccc(CCNC(=NCc2nnc(C)n2C)NCCN2CCOCC2)c1.I. The lowest BCUT2D eigenvalue weighted by molar-refractivity contribution is 0.0389. The molecule has 0 amide bonds. The molecular weight excluding hydrogens is 533 g/mol. The second kappa shape index (κ2) is 15.1. The molecule has 0 radical (unpaired) electrons. The van der Waals surface area contributed by atoms with Crippen LogP contribution >= 0.6 is 24.0 Å². The van der Waals surface area contributed by atoms with Crippen molar-refractivity contribution in [3.05, 3.63) is 41.5 Å². The van der Waals surface area contributed by atoms with Crippen molar-refractivity contribution in [1.29, 1.82) is 0 Å². The molecule has 1 saturated heterocycles. The summed E-state index contributed by atoms with van der Waals surface area (Å²) in [7, 11) is 1.97. The van der Waals surface area contributed by atoms with Gasteiger partial charge < -0.3 is 24.7 Å². The molecule has 0 saturated carbocycles. The Morgan fingerprint density at radius 1 is 1.18 bits per heavy atom. The van der Waals surface area contributed by atoms with E-state index in [0.717, 1.165) is 88.7 Å². The maximum Gasteiger partial charge on any atom is 0.191 e. The Labute approximate surface area is 214 Å². The second-order valence-corrected chi connectivity index (χ2v) is 7.94. The van der Waals surface area contributed by atoms with Crippen molar-refractivity contribution >= 4 is 29.9 Å². The molecule has 0 aliphatic carbocycles. The van der Waals surface area contributed by atoms with Gasteiger partial charge in [0.15, 0.2) is 11.8 Å². The number of nitrogens with one attached hydrogen (secondary N) is 2. The summed E-state index contributed by atoms with van der Waals surface area (Å²) in [5, 5.41) is 15.3. The highest BCUT2D eigenvalue weighted by atomic mass is 127. The second-order valence-electron chi connectivity index (χ2n) is 7.94. The number of benzene rings is 1. The van der Waals surface area contributed by atoms with Gasteiger partial charge in [0.1, 0.15) is 18.1 Å². The lowest BCUT2D eigenvalue weighted by atomic mass is 10.1. The summed E-state index contributed by atoms with van der Waals surface area (Å²) >= 11 is 0. The van der Waals surface area contributed by atoms with Crippen molar-refractivity contribution < 1.29 is 9.47 Å². The minimum Gasteiger partial charge on any atom is -0.494 e. The molecule has 1 aromatic carbocycles. The van der Waals surface area contributed by atoms with E-state index in [1.54, 1.807) is 0 Å². The summed E-state index contributed by atoms with van der Waals surface area (Å²) in [5.41, 5.74) is 1.24. The van der Waals surface area contributed by atoms with Crippen LogP contribution in [0.4, 0.5) is 0 Å². The van der Waals surface area contributed by atoms with Crippen molar-refractivity contribution in [2.75, 3.05) is 52.5 Å². The van der Waals surface area contributed by atoms with Gasteiger partial charge in [-0.05, 0) is 37.5 Å². The standard InChI is InChI=1S/C23H37N7O2.HI/c1-4-14-32-21-7-5-6-20(17-21)8-9-24-23(25-10-11-30-12-15-31-16-13-30)26-18-22-28-27-19(2)29(22)3;/h5-7,17H,4,8-16,18H2,1-3H3,(H2,24,25,26);1H. The Balaban J connectivity index is 0.00000385. The number of rotatable bonds is 11. The van der Waals surface area contributed by atoms with E-state index in [-0.39, 0.29) is 24.0 Å². The first-order valence-electron chi connectivity index (χ1n) is 11.5. The van der Waals surface area contributed by atoms with Gasteiger partial charge in [-0.15, -0.1) is 34.2 Å². The van der Waals surface area contributed by atoms with Crippen LogP contribution in [0.15, 0.2) is 29.3 Å². The molecule has 2 N–H and O–H groups in total. The van der Waals surface area contributed by atoms with Crippen LogP contribution in [0.1, 0.15) is 30.6 Å². The zero-order chi connectivity index (χ0) is 22.6. The van der Waals surface area contributed by atoms with E-state index >= 15 is 0 Å². The van der Waals surface area contributed by atoms with E-state index in [9.17, 15) is 0 Å². The number of morpholine rings is 1. The van der Waals surface area contributed by atoms with Gasteiger partial charge in [0, 0.05) is 39.8 Å². The average molecular weight is 572 g/mol. The number of aryl methyl sites for hydroxylation is 1. The fraction of sp³-hybridized carbons (Fsp3) is 0.609. The molecule has 1 aliphatic rings. The molecular formula is C23H38IN7O2. The summed E-state index contributed by atoms with van der Waals surface area (Å²) in [5.74, 6) is 3.45. The summed E-state index contributed by atoms with van der Waals surface area (Å²) in [6.45, 7) is 11.4. The minimum absolute atomic E-state index is 0. The Morgan fingerprint density at radius 3 is 2.70 bits per heavy atom. The quantitative estimate of drug-likeness (QED) is 0.243. The van der Waals surface area contributed by atoms with Gasteiger partial charge in [0.2, 0.25) is 0 Å². The van der Waals surface area contributed by atoms with Gasteiger partial charge in [-0.2, -0.15) is 0 Å². The van der Waals surface area contributed by atoms with Crippen LogP contribution in [0.25, 0.3) is 0 Å². The third-order valence-electron chi connectivity index (χ3n) is 5.46.